The molecule has 1 amide bonds. The Morgan fingerprint density at radius 3 is 3.00 bits per heavy atom. The molecule has 3 heterocycles. The number of hydrogen-bond donors (Lipinski definition) is 1. The van der Waals surface area contributed by atoms with Crippen LogP contribution in [0.15, 0.2) is 47.7 Å². The number of carbonyl (C=O) groups is 1. The molecule has 1 saturated heterocycles. The van der Waals surface area contributed by atoms with Gasteiger partial charge in [0.05, 0.1) is 17.4 Å². The largest absolute Gasteiger partial charge is 0.345 e. The molecule has 0 spiro atoms. The second kappa shape index (κ2) is 7.11. The number of H-pyrrole nitrogens is 1. The number of nitrogens with zero attached hydrogens (tertiary/aromatic N) is 4. The molecule has 0 saturated carbocycles. The summed E-state index contributed by atoms with van der Waals surface area (Å²) in [5, 5.41) is 0. The van der Waals surface area contributed by atoms with E-state index < -0.39 is 0 Å². The summed E-state index contributed by atoms with van der Waals surface area (Å²) in [7, 11) is 0. The Balaban J connectivity index is 1.40. The highest BCUT2D eigenvalue weighted by molar-refractivity contribution is 5.77. The number of fused-ring (bicyclic) bond motifs is 1. The minimum atomic E-state index is -0.335. The topological polar surface area (TPSA) is 83.9 Å². The zero-order valence-corrected chi connectivity index (χ0v) is 14.5. The number of aryl methyl sites for hydroxylation is 1. The van der Waals surface area contributed by atoms with Crippen molar-refractivity contribution in [3.63, 3.8) is 0 Å². The monoisotopic (exact) mass is 351 g/mol. The van der Waals surface area contributed by atoms with Gasteiger partial charge in [-0.25, -0.2) is 14.8 Å². The van der Waals surface area contributed by atoms with Gasteiger partial charge in [0.1, 0.15) is 0 Å². The van der Waals surface area contributed by atoms with Gasteiger partial charge < -0.3 is 14.5 Å². The summed E-state index contributed by atoms with van der Waals surface area (Å²) in [5.41, 5.74) is 2.52. The van der Waals surface area contributed by atoms with Crippen LogP contribution in [-0.2, 0) is 11.3 Å². The second-order valence-corrected chi connectivity index (χ2v) is 6.69. The van der Waals surface area contributed by atoms with Crippen molar-refractivity contribution in [1.82, 2.24) is 24.4 Å². The van der Waals surface area contributed by atoms with Crippen LogP contribution >= 0.6 is 0 Å². The molecule has 0 radical (unpaired) electrons. The van der Waals surface area contributed by atoms with Gasteiger partial charge in [-0.05, 0) is 31.0 Å². The van der Waals surface area contributed by atoms with Gasteiger partial charge in [0.25, 0.3) is 0 Å². The van der Waals surface area contributed by atoms with Gasteiger partial charge in [-0.1, -0.05) is 12.1 Å². The number of aromatic amines is 1. The number of piperidine rings is 1. The first-order valence-corrected chi connectivity index (χ1v) is 8.93. The molecule has 0 bridgehead atoms. The third kappa shape index (κ3) is 3.37. The van der Waals surface area contributed by atoms with Gasteiger partial charge in [-0.2, -0.15) is 0 Å². The lowest BCUT2D eigenvalue weighted by Crippen LogP contribution is -2.40. The minimum Gasteiger partial charge on any atom is -0.342 e. The molecule has 1 atom stereocenters. The SMILES string of the molecule is O=C(CCn1cnc2ccccc21)N1CCCC(c2ccnc(=O)[nH]2)C1. The smallest absolute Gasteiger partial charge is 0.342 e. The first-order valence-electron chi connectivity index (χ1n) is 8.93. The molecule has 0 aliphatic carbocycles. The fraction of sp³-hybridized carbons (Fsp3) is 0.368. The van der Waals surface area contributed by atoms with E-state index in [1.54, 1.807) is 6.33 Å². The summed E-state index contributed by atoms with van der Waals surface area (Å²) >= 11 is 0. The molecule has 3 aromatic rings. The van der Waals surface area contributed by atoms with Crippen LogP contribution in [0.1, 0.15) is 30.9 Å². The number of para-hydroxylation sites is 2. The molecule has 1 aromatic carbocycles. The highest BCUT2D eigenvalue weighted by Crippen LogP contribution is 2.25. The predicted molar refractivity (Wildman–Crippen MR) is 97.8 cm³/mol. The van der Waals surface area contributed by atoms with Crippen molar-refractivity contribution in [2.75, 3.05) is 13.1 Å². The average molecular weight is 351 g/mol. The molecule has 1 aliphatic rings. The van der Waals surface area contributed by atoms with Crippen molar-refractivity contribution in [2.45, 2.75) is 31.7 Å². The predicted octanol–water partition coefficient (Wildman–Crippen LogP) is 1.92. The van der Waals surface area contributed by atoms with Crippen LogP contribution in [-0.4, -0.2) is 43.4 Å². The Labute approximate surface area is 150 Å². The van der Waals surface area contributed by atoms with E-state index in [2.05, 4.69) is 15.0 Å². The number of amides is 1. The average Bonchev–Trinajstić information content (AvgIpc) is 3.09. The van der Waals surface area contributed by atoms with Crippen LogP contribution in [0.2, 0.25) is 0 Å². The molecule has 1 N–H and O–H groups in total. The van der Waals surface area contributed by atoms with Crippen molar-refractivity contribution in [3.8, 4) is 0 Å². The van der Waals surface area contributed by atoms with Gasteiger partial charge >= 0.3 is 5.69 Å². The normalized spacial score (nSPS) is 17.5. The van der Waals surface area contributed by atoms with E-state index in [9.17, 15) is 9.59 Å². The molecule has 134 valence electrons. The number of rotatable bonds is 4. The van der Waals surface area contributed by atoms with Gasteiger partial charge in [0.15, 0.2) is 0 Å². The van der Waals surface area contributed by atoms with Crippen LogP contribution in [0.3, 0.4) is 0 Å². The molecule has 26 heavy (non-hydrogen) atoms. The fourth-order valence-corrected chi connectivity index (χ4v) is 3.64. The van der Waals surface area contributed by atoms with E-state index in [-0.39, 0.29) is 17.5 Å². The van der Waals surface area contributed by atoms with E-state index in [1.807, 2.05) is 39.8 Å². The number of imidazole rings is 1. The number of benzene rings is 1. The maximum absolute atomic E-state index is 12.7. The third-order valence-corrected chi connectivity index (χ3v) is 5.01. The van der Waals surface area contributed by atoms with E-state index in [1.165, 1.54) is 6.20 Å². The van der Waals surface area contributed by atoms with Crippen molar-refractivity contribution in [1.29, 1.82) is 0 Å². The van der Waals surface area contributed by atoms with E-state index in [0.717, 1.165) is 36.1 Å². The lowest BCUT2D eigenvalue weighted by atomic mass is 9.94. The van der Waals surface area contributed by atoms with E-state index >= 15 is 0 Å². The van der Waals surface area contributed by atoms with Crippen molar-refractivity contribution in [2.24, 2.45) is 0 Å². The zero-order chi connectivity index (χ0) is 17.9. The molecular weight excluding hydrogens is 330 g/mol. The number of aromatic nitrogens is 4. The van der Waals surface area contributed by atoms with Crippen LogP contribution in [0.5, 0.6) is 0 Å². The summed E-state index contributed by atoms with van der Waals surface area (Å²) in [6, 6.07) is 9.76. The Morgan fingerprint density at radius 2 is 2.12 bits per heavy atom. The number of likely N-dealkylation sites (tertiary alicyclic amines) is 1. The fourth-order valence-electron chi connectivity index (χ4n) is 3.64. The van der Waals surface area contributed by atoms with E-state index in [4.69, 9.17) is 0 Å². The maximum atomic E-state index is 12.7. The van der Waals surface area contributed by atoms with Crippen LogP contribution in [0.4, 0.5) is 0 Å². The van der Waals surface area contributed by atoms with Crippen LogP contribution < -0.4 is 5.69 Å². The third-order valence-electron chi connectivity index (χ3n) is 5.01. The van der Waals surface area contributed by atoms with Crippen LogP contribution in [0.25, 0.3) is 11.0 Å². The number of nitrogens with one attached hydrogen (secondary N) is 1. The molecule has 4 rings (SSSR count). The molecule has 7 heteroatoms. The molecule has 1 aliphatic heterocycles. The summed E-state index contributed by atoms with van der Waals surface area (Å²) in [4.78, 5) is 36.9. The molecule has 2 aromatic heterocycles. The summed E-state index contributed by atoms with van der Waals surface area (Å²) in [5.74, 6) is 0.307. The molecule has 1 fully saturated rings. The zero-order valence-electron chi connectivity index (χ0n) is 14.5. The van der Waals surface area contributed by atoms with Gasteiger partial charge in [-0.3, -0.25) is 4.79 Å². The van der Waals surface area contributed by atoms with Gasteiger partial charge in [0.2, 0.25) is 5.91 Å². The van der Waals surface area contributed by atoms with Crippen molar-refractivity contribution < 1.29 is 4.79 Å². The highest BCUT2D eigenvalue weighted by atomic mass is 16.2. The molecular formula is C19H21N5O2. The quantitative estimate of drug-likeness (QED) is 0.778. The Kier molecular flexibility index (Phi) is 4.51. The Morgan fingerprint density at radius 1 is 1.23 bits per heavy atom. The molecule has 1 unspecified atom stereocenters. The van der Waals surface area contributed by atoms with Crippen LogP contribution in [0, 0.1) is 0 Å². The Hall–Kier alpha value is -2.96. The molecule has 7 nitrogen and oxygen atoms in total. The lowest BCUT2D eigenvalue weighted by molar-refractivity contribution is -0.132. The number of hydrogen-bond acceptors (Lipinski definition) is 4. The summed E-state index contributed by atoms with van der Waals surface area (Å²) < 4.78 is 2.02. The Bertz CT molecular complexity index is 977. The van der Waals surface area contributed by atoms with Crippen molar-refractivity contribution in [3.05, 3.63) is 59.0 Å². The first kappa shape index (κ1) is 16.5. The van der Waals surface area contributed by atoms with Gasteiger partial charge in [-0.15, -0.1) is 0 Å². The standard InChI is InChI=1S/C19H21N5O2/c25-18(8-11-24-13-21-16-5-1-2-6-17(16)24)23-10-3-4-14(12-23)15-7-9-20-19(26)22-15/h1-2,5-7,9,13-14H,3-4,8,10-12H2,(H,20,22,26). The second-order valence-electron chi connectivity index (χ2n) is 6.69. The maximum Gasteiger partial charge on any atom is 0.345 e. The number of carbonyl (C=O) groups excluding carboxylic acids is 1. The summed E-state index contributed by atoms with van der Waals surface area (Å²) in [6.07, 6.45) is 5.67. The van der Waals surface area contributed by atoms with Crippen molar-refractivity contribution >= 4 is 16.9 Å². The van der Waals surface area contributed by atoms with E-state index in [0.29, 0.717) is 19.5 Å². The lowest BCUT2D eigenvalue weighted by Gasteiger charge is -2.32. The first-order chi connectivity index (χ1) is 12.7. The highest BCUT2D eigenvalue weighted by Gasteiger charge is 2.25. The summed E-state index contributed by atoms with van der Waals surface area (Å²) in [6.45, 7) is 2.03. The minimum absolute atomic E-state index is 0.142. The van der Waals surface area contributed by atoms with Gasteiger partial charge in [0, 0.05) is 43.9 Å².